The smallest absolute Gasteiger partial charge is 0.404 e. The lowest BCUT2D eigenvalue weighted by Gasteiger charge is -2.31. The molecule has 6 nitrogen and oxygen atoms in total. The number of amides is 1. The number of carbonyl (C=O) groups is 1. The van der Waals surface area contributed by atoms with Crippen LogP contribution in [0.4, 0.5) is 18.9 Å². The van der Waals surface area contributed by atoms with E-state index >= 15 is 0 Å². The van der Waals surface area contributed by atoms with Gasteiger partial charge in [-0.2, -0.15) is 4.31 Å². The molecule has 0 spiro atoms. The number of carbonyl (C=O) groups excluding carboxylic acids is 1. The van der Waals surface area contributed by atoms with Gasteiger partial charge in [-0.3, -0.25) is 4.79 Å². The second-order valence-electron chi connectivity index (χ2n) is 6.55. The standard InChI is InChI=1S/C19H19F3N2O4S/c20-19(21,22)28-16-10-4-5-11-17(16)29(26,27)24-12-6-7-14(13-24)18(25)23-15-8-2-1-3-9-15/h1-5,8-11,14H,6-7,12-13H2,(H,23,25)/t14-/m1/s1. The molecule has 1 aliphatic rings. The van der Waals surface area contributed by atoms with Crippen LogP contribution in [0.15, 0.2) is 59.5 Å². The number of nitrogens with one attached hydrogen (secondary N) is 1. The van der Waals surface area contributed by atoms with E-state index in [4.69, 9.17) is 0 Å². The highest BCUT2D eigenvalue weighted by Crippen LogP contribution is 2.33. The van der Waals surface area contributed by atoms with Crippen LogP contribution in [-0.2, 0) is 14.8 Å². The molecule has 0 unspecified atom stereocenters. The van der Waals surface area contributed by atoms with Crippen molar-refractivity contribution in [2.75, 3.05) is 18.4 Å². The number of benzene rings is 2. The molecule has 2 aromatic carbocycles. The minimum atomic E-state index is -5.02. The van der Waals surface area contributed by atoms with Gasteiger partial charge in [0.05, 0.1) is 5.92 Å². The largest absolute Gasteiger partial charge is 0.573 e. The number of para-hydroxylation sites is 2. The normalized spacial score (nSPS) is 18.2. The fourth-order valence-electron chi connectivity index (χ4n) is 3.15. The molecule has 3 rings (SSSR count). The van der Waals surface area contributed by atoms with E-state index in [0.29, 0.717) is 18.5 Å². The summed E-state index contributed by atoms with van der Waals surface area (Å²) in [4.78, 5) is 11.9. The van der Waals surface area contributed by atoms with Crippen molar-refractivity contribution in [2.24, 2.45) is 5.92 Å². The molecule has 0 radical (unpaired) electrons. The molecule has 1 N–H and O–H groups in total. The minimum Gasteiger partial charge on any atom is -0.404 e. The Balaban J connectivity index is 1.79. The van der Waals surface area contributed by atoms with Gasteiger partial charge in [0, 0.05) is 18.8 Å². The van der Waals surface area contributed by atoms with E-state index in [1.165, 1.54) is 12.1 Å². The predicted molar refractivity (Wildman–Crippen MR) is 99.7 cm³/mol. The number of piperidine rings is 1. The van der Waals surface area contributed by atoms with E-state index in [1.807, 2.05) is 0 Å². The van der Waals surface area contributed by atoms with Crippen LogP contribution in [0.5, 0.6) is 5.75 Å². The van der Waals surface area contributed by atoms with Gasteiger partial charge < -0.3 is 10.1 Å². The average Bonchev–Trinajstić information content (AvgIpc) is 2.68. The van der Waals surface area contributed by atoms with Crippen molar-refractivity contribution >= 4 is 21.6 Å². The first-order valence-electron chi connectivity index (χ1n) is 8.88. The molecule has 0 aliphatic carbocycles. The summed E-state index contributed by atoms with van der Waals surface area (Å²) in [5.41, 5.74) is 0.585. The van der Waals surface area contributed by atoms with Crippen molar-refractivity contribution in [3.8, 4) is 5.75 Å². The molecule has 0 aromatic heterocycles. The van der Waals surface area contributed by atoms with Crippen molar-refractivity contribution in [1.82, 2.24) is 4.31 Å². The topological polar surface area (TPSA) is 75.7 Å². The zero-order chi connectivity index (χ0) is 21.1. The third-order valence-electron chi connectivity index (χ3n) is 4.49. The number of ether oxygens (including phenoxy) is 1. The van der Waals surface area contributed by atoms with Gasteiger partial charge in [-0.25, -0.2) is 8.42 Å². The summed E-state index contributed by atoms with van der Waals surface area (Å²) in [5.74, 6) is -1.75. The third-order valence-corrected chi connectivity index (χ3v) is 6.39. The maximum absolute atomic E-state index is 13.0. The van der Waals surface area contributed by atoms with Gasteiger partial charge in [0.25, 0.3) is 0 Å². The molecule has 1 heterocycles. The number of rotatable bonds is 5. The van der Waals surface area contributed by atoms with Gasteiger partial charge in [-0.15, -0.1) is 13.2 Å². The third kappa shape index (κ3) is 5.27. The van der Waals surface area contributed by atoms with E-state index in [-0.39, 0.29) is 19.0 Å². The van der Waals surface area contributed by atoms with Gasteiger partial charge in [0.1, 0.15) is 10.6 Å². The van der Waals surface area contributed by atoms with Crippen LogP contribution in [0, 0.1) is 5.92 Å². The molecule has 1 saturated heterocycles. The van der Waals surface area contributed by atoms with Crippen LogP contribution in [0.1, 0.15) is 12.8 Å². The van der Waals surface area contributed by atoms with Crippen LogP contribution >= 0.6 is 0 Å². The molecular formula is C19H19F3N2O4S. The highest BCUT2D eigenvalue weighted by molar-refractivity contribution is 7.89. The first-order valence-corrected chi connectivity index (χ1v) is 10.3. The first kappa shape index (κ1) is 21.1. The summed E-state index contributed by atoms with van der Waals surface area (Å²) in [6.45, 7) is -0.0147. The van der Waals surface area contributed by atoms with Crippen molar-refractivity contribution in [3.63, 3.8) is 0 Å². The van der Waals surface area contributed by atoms with Crippen LogP contribution < -0.4 is 10.1 Å². The number of nitrogens with zero attached hydrogens (tertiary/aromatic N) is 1. The second kappa shape index (κ2) is 8.42. The first-order chi connectivity index (χ1) is 13.7. The van der Waals surface area contributed by atoms with Gasteiger partial charge >= 0.3 is 6.36 Å². The molecular weight excluding hydrogens is 409 g/mol. The minimum absolute atomic E-state index is 0.109. The summed E-state index contributed by atoms with van der Waals surface area (Å²) < 4.78 is 68.8. The number of halogens is 3. The molecule has 0 saturated carbocycles. The lowest BCUT2D eigenvalue weighted by Crippen LogP contribution is -2.43. The zero-order valence-electron chi connectivity index (χ0n) is 15.2. The Labute approximate surface area is 166 Å². The van der Waals surface area contributed by atoms with Crippen LogP contribution in [0.25, 0.3) is 0 Å². The number of hydrogen-bond acceptors (Lipinski definition) is 4. The summed E-state index contributed by atoms with van der Waals surface area (Å²) in [6, 6.07) is 13.3. The maximum Gasteiger partial charge on any atom is 0.573 e. The van der Waals surface area contributed by atoms with E-state index in [0.717, 1.165) is 16.4 Å². The van der Waals surface area contributed by atoms with Crippen molar-refractivity contribution < 1.29 is 31.1 Å². The lowest BCUT2D eigenvalue weighted by atomic mass is 9.99. The second-order valence-corrected chi connectivity index (χ2v) is 8.46. The van der Waals surface area contributed by atoms with Crippen LogP contribution in [0.2, 0.25) is 0 Å². The van der Waals surface area contributed by atoms with Crippen LogP contribution in [0.3, 0.4) is 0 Å². The van der Waals surface area contributed by atoms with Gasteiger partial charge in [-0.05, 0) is 37.1 Å². The predicted octanol–water partition coefficient (Wildman–Crippen LogP) is 3.62. The fraction of sp³-hybridized carbons (Fsp3) is 0.316. The number of anilines is 1. The highest BCUT2D eigenvalue weighted by atomic mass is 32.2. The number of sulfonamides is 1. The summed E-state index contributed by atoms with van der Waals surface area (Å²) in [6.07, 6.45) is -4.13. The van der Waals surface area contributed by atoms with Gasteiger partial charge in [0.15, 0.2) is 0 Å². The quantitative estimate of drug-likeness (QED) is 0.789. The number of hydrogen-bond donors (Lipinski definition) is 1. The van der Waals surface area contributed by atoms with Crippen molar-refractivity contribution in [1.29, 1.82) is 0 Å². The Kier molecular flexibility index (Phi) is 6.13. The molecule has 0 bridgehead atoms. The molecule has 1 atom stereocenters. The molecule has 2 aromatic rings. The average molecular weight is 428 g/mol. The molecule has 10 heteroatoms. The summed E-state index contributed by atoms with van der Waals surface area (Å²) in [5, 5.41) is 2.73. The van der Waals surface area contributed by atoms with E-state index in [1.54, 1.807) is 30.3 Å². The Morgan fingerprint density at radius 2 is 1.72 bits per heavy atom. The van der Waals surface area contributed by atoms with Crippen LogP contribution in [-0.4, -0.2) is 38.1 Å². The maximum atomic E-state index is 13.0. The summed E-state index contributed by atoms with van der Waals surface area (Å²) >= 11 is 0. The lowest BCUT2D eigenvalue weighted by molar-refractivity contribution is -0.275. The molecule has 1 aliphatic heterocycles. The molecule has 1 amide bonds. The Bertz CT molecular complexity index is 965. The fourth-order valence-corrected chi connectivity index (χ4v) is 4.79. The molecule has 29 heavy (non-hydrogen) atoms. The highest BCUT2D eigenvalue weighted by Gasteiger charge is 2.38. The number of alkyl halides is 3. The van der Waals surface area contributed by atoms with Gasteiger partial charge in [0.2, 0.25) is 15.9 Å². The Morgan fingerprint density at radius 3 is 2.41 bits per heavy atom. The van der Waals surface area contributed by atoms with E-state index in [2.05, 4.69) is 10.1 Å². The zero-order valence-corrected chi connectivity index (χ0v) is 16.0. The molecule has 156 valence electrons. The van der Waals surface area contributed by atoms with E-state index in [9.17, 15) is 26.4 Å². The summed E-state index contributed by atoms with van der Waals surface area (Å²) in [7, 11) is -4.28. The van der Waals surface area contributed by atoms with E-state index < -0.39 is 32.9 Å². The van der Waals surface area contributed by atoms with Crippen molar-refractivity contribution in [3.05, 3.63) is 54.6 Å². The SMILES string of the molecule is O=C(Nc1ccccc1)[C@@H]1CCCN(S(=O)(=O)c2ccccc2OC(F)(F)F)C1. The van der Waals surface area contributed by atoms with Crippen molar-refractivity contribution in [2.45, 2.75) is 24.1 Å². The Hall–Kier alpha value is -2.59. The molecule has 1 fully saturated rings. The Morgan fingerprint density at radius 1 is 1.07 bits per heavy atom. The monoisotopic (exact) mass is 428 g/mol. The van der Waals surface area contributed by atoms with Gasteiger partial charge in [-0.1, -0.05) is 30.3 Å².